The van der Waals surface area contributed by atoms with Gasteiger partial charge < -0.3 is 11.5 Å². The van der Waals surface area contributed by atoms with Crippen molar-refractivity contribution in [1.82, 2.24) is 0 Å². The zero-order chi connectivity index (χ0) is 18.3. The lowest BCUT2D eigenvalue weighted by Gasteiger charge is -2.47. The van der Waals surface area contributed by atoms with E-state index in [1.54, 1.807) is 0 Å². The van der Waals surface area contributed by atoms with Crippen molar-refractivity contribution >= 4 is 0 Å². The molecule has 24 heavy (non-hydrogen) atoms. The lowest BCUT2D eigenvalue weighted by molar-refractivity contribution is 0.150. The molecule has 0 fully saturated rings. The third-order valence-corrected chi connectivity index (χ3v) is 5.90. The summed E-state index contributed by atoms with van der Waals surface area (Å²) in [5, 5.41) is 0. The summed E-state index contributed by atoms with van der Waals surface area (Å²) in [4.78, 5) is 0. The second kappa shape index (κ2) is 14.1. The van der Waals surface area contributed by atoms with Crippen LogP contribution in [0, 0.1) is 0 Å². The molecule has 0 aliphatic heterocycles. The van der Waals surface area contributed by atoms with Gasteiger partial charge in [-0.3, -0.25) is 0 Å². The maximum absolute atomic E-state index is 7.10. The summed E-state index contributed by atoms with van der Waals surface area (Å²) >= 11 is 0. The first-order chi connectivity index (χ1) is 11.5. The molecule has 0 aliphatic rings. The van der Waals surface area contributed by atoms with E-state index >= 15 is 0 Å². The monoisotopic (exact) mass is 340 g/mol. The molecule has 146 valence electrons. The van der Waals surface area contributed by atoms with Crippen LogP contribution in [0.1, 0.15) is 130 Å². The van der Waals surface area contributed by atoms with E-state index in [1.807, 2.05) is 0 Å². The normalized spacial score (nSPS) is 12.8. The average molecular weight is 341 g/mol. The number of hydrogen-bond acceptors (Lipinski definition) is 2. The van der Waals surface area contributed by atoms with Crippen molar-refractivity contribution < 1.29 is 0 Å². The fourth-order valence-electron chi connectivity index (χ4n) is 4.01. The van der Waals surface area contributed by atoms with E-state index in [9.17, 15) is 0 Å². The van der Waals surface area contributed by atoms with Crippen molar-refractivity contribution in [3.63, 3.8) is 0 Å². The molecule has 0 aromatic rings. The minimum atomic E-state index is -0.168. The molecule has 0 saturated heterocycles. The summed E-state index contributed by atoms with van der Waals surface area (Å²) in [7, 11) is 0. The highest BCUT2D eigenvalue weighted by Gasteiger charge is 2.43. The summed E-state index contributed by atoms with van der Waals surface area (Å²) in [6.07, 6.45) is 19.6. The van der Waals surface area contributed by atoms with Crippen LogP contribution < -0.4 is 11.5 Å². The minimum Gasteiger partial charge on any atom is -0.324 e. The molecule has 0 aliphatic carbocycles. The van der Waals surface area contributed by atoms with Crippen LogP contribution in [-0.4, -0.2) is 11.1 Å². The molecule has 0 aromatic carbocycles. The van der Waals surface area contributed by atoms with Crippen molar-refractivity contribution in [2.24, 2.45) is 11.5 Å². The zero-order valence-electron chi connectivity index (χ0n) is 17.5. The Hall–Kier alpha value is -0.0800. The van der Waals surface area contributed by atoms with E-state index in [0.29, 0.717) is 0 Å². The topological polar surface area (TPSA) is 52.0 Å². The van der Waals surface area contributed by atoms with Gasteiger partial charge in [-0.05, 0) is 25.7 Å². The summed E-state index contributed by atoms with van der Waals surface area (Å²) in [5.74, 6) is 0. The van der Waals surface area contributed by atoms with E-state index in [4.69, 9.17) is 11.5 Å². The van der Waals surface area contributed by atoms with Gasteiger partial charge in [-0.15, -0.1) is 0 Å². The van der Waals surface area contributed by atoms with Crippen LogP contribution in [0.25, 0.3) is 0 Å². The zero-order valence-corrected chi connectivity index (χ0v) is 17.5. The first-order valence-electron chi connectivity index (χ1n) is 11.1. The molecule has 0 saturated carbocycles. The van der Waals surface area contributed by atoms with Crippen molar-refractivity contribution in [3.05, 3.63) is 0 Å². The van der Waals surface area contributed by atoms with Crippen molar-refractivity contribution in [1.29, 1.82) is 0 Å². The highest BCUT2D eigenvalue weighted by molar-refractivity contribution is 5.06. The van der Waals surface area contributed by atoms with Crippen LogP contribution in [0.15, 0.2) is 0 Å². The molecule has 0 aromatic heterocycles. The molecule has 0 rings (SSSR count). The Kier molecular flexibility index (Phi) is 14.1. The minimum absolute atomic E-state index is 0.168. The smallest absolute Gasteiger partial charge is 0.0336 e. The van der Waals surface area contributed by atoms with Crippen LogP contribution >= 0.6 is 0 Å². The largest absolute Gasteiger partial charge is 0.324 e. The molecule has 4 N–H and O–H groups in total. The maximum atomic E-state index is 7.10. The number of hydrogen-bond donors (Lipinski definition) is 2. The van der Waals surface area contributed by atoms with Crippen LogP contribution in [0.5, 0.6) is 0 Å². The van der Waals surface area contributed by atoms with Gasteiger partial charge in [-0.2, -0.15) is 0 Å². The van der Waals surface area contributed by atoms with Gasteiger partial charge in [0.1, 0.15) is 0 Å². The second-order valence-corrected chi connectivity index (χ2v) is 8.14. The van der Waals surface area contributed by atoms with Gasteiger partial charge in [0.2, 0.25) is 0 Å². The van der Waals surface area contributed by atoms with E-state index in [-0.39, 0.29) is 11.1 Å². The van der Waals surface area contributed by atoms with Crippen LogP contribution in [0.4, 0.5) is 0 Å². The van der Waals surface area contributed by atoms with Gasteiger partial charge in [-0.25, -0.2) is 0 Å². The molecular formula is C22H48N2. The fraction of sp³-hybridized carbons (Fsp3) is 1.00. The summed E-state index contributed by atoms with van der Waals surface area (Å²) in [6, 6.07) is 0. The Morgan fingerprint density at radius 2 is 0.625 bits per heavy atom. The molecule has 0 radical (unpaired) electrons. The lowest BCUT2D eigenvalue weighted by Crippen LogP contribution is -2.65. The molecule has 0 atom stereocenters. The Morgan fingerprint density at radius 1 is 0.417 bits per heavy atom. The lowest BCUT2D eigenvalue weighted by atomic mass is 9.67. The van der Waals surface area contributed by atoms with E-state index in [2.05, 4.69) is 27.7 Å². The Morgan fingerprint density at radius 3 is 0.792 bits per heavy atom. The van der Waals surface area contributed by atoms with Crippen molar-refractivity contribution in [2.45, 2.75) is 142 Å². The quantitative estimate of drug-likeness (QED) is 0.289. The van der Waals surface area contributed by atoms with E-state index in [0.717, 1.165) is 25.7 Å². The molecule has 0 amide bonds. The summed E-state index contributed by atoms with van der Waals surface area (Å²) in [6.45, 7) is 9.09. The molecule has 0 spiro atoms. The highest BCUT2D eigenvalue weighted by atomic mass is 14.9. The van der Waals surface area contributed by atoms with Crippen LogP contribution in [0.2, 0.25) is 0 Å². The van der Waals surface area contributed by atoms with Gasteiger partial charge in [0, 0.05) is 11.1 Å². The number of rotatable bonds is 17. The standard InChI is InChI=1S/C22H48N2/c1-5-9-13-17-21(23,18-14-10-6-2)22(24,19-15-11-7-3)20-16-12-8-4/h5-20,23-24H2,1-4H3. The summed E-state index contributed by atoms with van der Waals surface area (Å²) in [5.41, 5.74) is 13.9. The second-order valence-electron chi connectivity index (χ2n) is 8.14. The van der Waals surface area contributed by atoms with Gasteiger partial charge in [-0.1, -0.05) is 105 Å². The fourth-order valence-corrected chi connectivity index (χ4v) is 4.01. The predicted octanol–water partition coefficient (Wildman–Crippen LogP) is 6.70. The maximum Gasteiger partial charge on any atom is 0.0336 e. The van der Waals surface area contributed by atoms with Gasteiger partial charge in [0.15, 0.2) is 0 Å². The SMILES string of the molecule is CCCCCC(N)(CCCCC)C(N)(CCCCC)CCCCC. The molecule has 2 heteroatoms. The molecular weight excluding hydrogens is 292 g/mol. The van der Waals surface area contributed by atoms with Crippen LogP contribution in [0.3, 0.4) is 0 Å². The van der Waals surface area contributed by atoms with Crippen molar-refractivity contribution in [3.8, 4) is 0 Å². The van der Waals surface area contributed by atoms with E-state index in [1.165, 1.54) is 77.0 Å². The molecule has 0 heterocycles. The van der Waals surface area contributed by atoms with Gasteiger partial charge >= 0.3 is 0 Å². The Bertz CT molecular complexity index is 227. The predicted molar refractivity (Wildman–Crippen MR) is 110 cm³/mol. The number of nitrogens with two attached hydrogens (primary N) is 2. The number of unbranched alkanes of at least 4 members (excludes halogenated alkanes) is 8. The Labute approximate surface area is 153 Å². The third-order valence-electron chi connectivity index (χ3n) is 5.90. The average Bonchev–Trinajstić information content (AvgIpc) is 2.56. The first kappa shape index (κ1) is 23.9. The molecule has 0 bridgehead atoms. The van der Waals surface area contributed by atoms with Crippen LogP contribution in [-0.2, 0) is 0 Å². The van der Waals surface area contributed by atoms with Gasteiger partial charge in [0.05, 0.1) is 0 Å². The highest BCUT2D eigenvalue weighted by Crippen LogP contribution is 2.37. The summed E-state index contributed by atoms with van der Waals surface area (Å²) < 4.78 is 0. The van der Waals surface area contributed by atoms with Gasteiger partial charge in [0.25, 0.3) is 0 Å². The first-order valence-corrected chi connectivity index (χ1v) is 11.1. The third kappa shape index (κ3) is 8.85. The van der Waals surface area contributed by atoms with Crippen molar-refractivity contribution in [2.75, 3.05) is 0 Å². The molecule has 2 nitrogen and oxygen atoms in total. The van der Waals surface area contributed by atoms with E-state index < -0.39 is 0 Å². The Balaban J connectivity index is 5.08. The molecule has 0 unspecified atom stereocenters.